The number of thiol groups is 1. The average Bonchev–Trinajstić information content (AvgIpc) is 2.00. The molecule has 0 aliphatic rings. The van der Waals surface area contributed by atoms with E-state index in [0.717, 1.165) is 5.75 Å². The van der Waals surface area contributed by atoms with Gasteiger partial charge in [0.2, 0.25) is 0 Å². The number of carboxylic acid groups (broad SMARTS) is 1. The van der Waals surface area contributed by atoms with E-state index < -0.39 is 12.0 Å². The first kappa shape index (κ1) is 19.9. The minimum atomic E-state index is -0.880. The van der Waals surface area contributed by atoms with Gasteiger partial charge in [0, 0.05) is 0 Å². The Morgan fingerprint density at radius 2 is 2.00 bits per heavy atom. The van der Waals surface area contributed by atoms with E-state index in [1.165, 1.54) is 12.2 Å². The zero-order valence-corrected chi connectivity index (χ0v) is 11.4. The van der Waals surface area contributed by atoms with E-state index in [-0.39, 0.29) is 36.8 Å². The lowest BCUT2D eigenvalue weighted by Gasteiger charge is -2.15. The highest BCUT2D eigenvalue weighted by atomic mass is 35.5. The molecule has 0 heterocycles. The summed E-state index contributed by atoms with van der Waals surface area (Å²) >= 11 is 0. The van der Waals surface area contributed by atoms with Crippen molar-refractivity contribution >= 4 is 42.8 Å². The second-order valence-electron chi connectivity index (χ2n) is 3.04. The summed E-state index contributed by atoms with van der Waals surface area (Å²) in [5.74, 6) is 1.33. The van der Waals surface area contributed by atoms with Crippen LogP contribution in [0.5, 0.6) is 0 Å². The lowest BCUT2D eigenvalue weighted by molar-refractivity contribution is -0.138. The van der Waals surface area contributed by atoms with Crippen LogP contribution in [0.1, 0.15) is 19.8 Å². The molecule has 1 unspecified atom stereocenters. The topological polar surface area (TPSA) is 63.3 Å². The van der Waals surface area contributed by atoms with Crippen molar-refractivity contribution in [3.05, 3.63) is 0 Å². The van der Waals surface area contributed by atoms with Gasteiger partial charge in [-0.25, -0.2) is 0 Å². The van der Waals surface area contributed by atoms with Crippen molar-refractivity contribution in [1.29, 1.82) is 0 Å². The number of halogens is 1. The van der Waals surface area contributed by atoms with E-state index in [4.69, 9.17) is 10.8 Å². The van der Waals surface area contributed by atoms with Gasteiger partial charge in [-0.05, 0) is 30.6 Å². The number of rotatable bonds is 6. The number of hydrogen-bond donors (Lipinski definition) is 3. The minimum absolute atomic E-state index is 0. The molecule has 90 valence electrons. The molecule has 0 radical (unpaired) electrons. The van der Waals surface area contributed by atoms with Gasteiger partial charge in [0.15, 0.2) is 0 Å². The van der Waals surface area contributed by atoms with E-state index >= 15 is 0 Å². The van der Waals surface area contributed by atoms with E-state index in [9.17, 15) is 4.79 Å². The van der Waals surface area contributed by atoms with E-state index in [2.05, 4.69) is 13.2 Å². The molecule has 0 aromatic rings. The van der Waals surface area contributed by atoms with Crippen LogP contribution < -0.4 is 5.73 Å². The summed E-state index contributed by atoms with van der Waals surface area (Å²) in [6.07, 6.45) is 4.01. The third kappa shape index (κ3) is 10.5. The van der Waals surface area contributed by atoms with Crippen LogP contribution in [-0.2, 0) is 4.79 Å². The smallest absolute Gasteiger partial charge is 0.320 e. The summed E-state index contributed by atoms with van der Waals surface area (Å²) in [5.41, 5.74) is 5.37. The highest BCUT2D eigenvalue weighted by Gasteiger charge is 2.11. The van der Waals surface area contributed by atoms with E-state index in [1.54, 1.807) is 0 Å². The number of aliphatic carboxylic acids is 1. The molecule has 14 heavy (non-hydrogen) atoms. The van der Waals surface area contributed by atoms with Crippen molar-refractivity contribution in [3.8, 4) is 0 Å². The minimum Gasteiger partial charge on any atom is -0.480 e. The van der Waals surface area contributed by atoms with Gasteiger partial charge in [-0.2, -0.15) is 13.5 Å². The molecule has 6 heteroatoms. The van der Waals surface area contributed by atoms with Gasteiger partial charge < -0.3 is 10.8 Å². The molecule has 0 saturated heterocycles. The zero-order valence-electron chi connectivity index (χ0n) is 8.69. The fourth-order valence-electron chi connectivity index (χ4n) is 0.976. The van der Waals surface area contributed by atoms with Crippen LogP contribution in [-0.4, -0.2) is 34.9 Å². The Kier molecular flexibility index (Phi) is 16.3. The highest BCUT2D eigenvalue weighted by molar-refractivity contribution is 8.16. The zero-order chi connectivity index (χ0) is 9.56. The number of hydrogen-bond acceptors (Lipinski definition) is 2. The van der Waals surface area contributed by atoms with Gasteiger partial charge in [0.05, 0.1) is 0 Å². The molecule has 0 fully saturated rings. The largest absolute Gasteiger partial charge is 0.480 e. The number of carbonyl (C=O) groups is 1. The van der Waals surface area contributed by atoms with Gasteiger partial charge in [0.25, 0.3) is 0 Å². The number of carboxylic acids is 1. The summed E-state index contributed by atoms with van der Waals surface area (Å²) in [5, 5.41) is 8.51. The first-order valence-corrected chi connectivity index (χ1v) is 6.40. The van der Waals surface area contributed by atoms with Crippen molar-refractivity contribution in [1.82, 2.24) is 0 Å². The molecule has 0 aliphatic carbocycles. The maximum absolute atomic E-state index is 10.4. The molecule has 2 atom stereocenters. The van der Waals surface area contributed by atoms with Gasteiger partial charge in [0.1, 0.15) is 6.04 Å². The molecule has 0 rings (SSSR count). The quantitative estimate of drug-likeness (QED) is 0.634. The third-order valence-electron chi connectivity index (χ3n) is 1.74. The van der Waals surface area contributed by atoms with E-state index in [1.807, 2.05) is 0 Å². The first-order chi connectivity index (χ1) is 5.57. The maximum Gasteiger partial charge on any atom is 0.320 e. The predicted molar refractivity (Wildman–Crippen MR) is 72.8 cm³/mol. The van der Waals surface area contributed by atoms with Crippen molar-refractivity contribution in [2.75, 3.05) is 17.8 Å². The highest BCUT2D eigenvalue weighted by Crippen LogP contribution is 2.21. The second kappa shape index (κ2) is 11.5. The van der Waals surface area contributed by atoms with Crippen LogP contribution in [0.4, 0.5) is 0 Å². The van der Waals surface area contributed by atoms with Gasteiger partial charge in [-0.1, -0.05) is 6.92 Å². The Balaban J connectivity index is -0.000000605. The summed E-state index contributed by atoms with van der Waals surface area (Å²) < 4.78 is 0. The Morgan fingerprint density at radius 1 is 1.50 bits per heavy atom. The predicted octanol–water partition coefficient (Wildman–Crippen LogP) is 1.36. The lowest BCUT2D eigenvalue weighted by atomic mass is 10.2. The standard InChI is InChI=1S/C8H19NO2S.ClH.H2S/c1-3-5-12(2)6-4-7(9)8(10)11;;/h7,12H,3-6,9H2,1-2H3,(H,10,11);1H;1H2/t7-;;/m0../s1. The van der Waals surface area contributed by atoms with E-state index in [0.29, 0.717) is 6.42 Å². The normalized spacial score (nSPS) is 14.6. The van der Waals surface area contributed by atoms with Crippen LogP contribution >= 0.6 is 36.8 Å². The SMILES string of the molecule is CCC[SH](C)CC[C@H](N)C(=O)O.Cl.S. The third-order valence-corrected chi connectivity index (χ3v) is 3.98. The Labute approximate surface area is 102 Å². The van der Waals surface area contributed by atoms with Crippen LogP contribution in [0.25, 0.3) is 0 Å². The van der Waals surface area contributed by atoms with Gasteiger partial charge in [-0.3, -0.25) is 15.7 Å². The molecule has 0 aromatic heterocycles. The van der Waals surface area contributed by atoms with Crippen LogP contribution in [0.15, 0.2) is 0 Å². The fourth-order valence-corrected chi connectivity index (χ4v) is 2.68. The molecule has 0 saturated carbocycles. The van der Waals surface area contributed by atoms with Gasteiger partial charge in [-0.15, -0.1) is 12.4 Å². The molecule has 0 aliphatic heterocycles. The molecule has 0 bridgehead atoms. The molecule has 0 spiro atoms. The monoisotopic (exact) mass is 263 g/mol. The Hall–Kier alpha value is 0.420. The fraction of sp³-hybridized carbons (Fsp3) is 0.875. The van der Waals surface area contributed by atoms with Crippen LogP contribution in [0.2, 0.25) is 0 Å². The maximum atomic E-state index is 10.4. The van der Waals surface area contributed by atoms with Crippen LogP contribution in [0.3, 0.4) is 0 Å². The number of nitrogens with two attached hydrogens (primary N) is 1. The van der Waals surface area contributed by atoms with Crippen molar-refractivity contribution in [3.63, 3.8) is 0 Å². The summed E-state index contributed by atoms with van der Waals surface area (Å²) in [6.45, 7) is 2.15. The molecule has 0 aromatic carbocycles. The summed E-state index contributed by atoms with van der Waals surface area (Å²) in [4.78, 5) is 10.4. The molecule has 3 N–H and O–H groups in total. The molecule has 3 nitrogen and oxygen atoms in total. The summed E-state index contributed by atoms with van der Waals surface area (Å²) in [6, 6.07) is -0.660. The molecule has 0 amide bonds. The second-order valence-corrected chi connectivity index (χ2v) is 5.64. The summed E-state index contributed by atoms with van der Waals surface area (Å²) in [7, 11) is 0.0187. The Bertz CT molecular complexity index is 149. The van der Waals surface area contributed by atoms with Gasteiger partial charge >= 0.3 is 5.97 Å². The van der Waals surface area contributed by atoms with Crippen LogP contribution in [0, 0.1) is 0 Å². The van der Waals surface area contributed by atoms with Crippen molar-refractivity contribution in [2.45, 2.75) is 25.8 Å². The Morgan fingerprint density at radius 3 is 2.36 bits per heavy atom. The molecular weight excluding hydrogens is 242 g/mol. The molecular formula is C8H22ClNO2S2. The first-order valence-electron chi connectivity index (χ1n) is 4.24. The van der Waals surface area contributed by atoms with Crippen molar-refractivity contribution < 1.29 is 9.90 Å². The van der Waals surface area contributed by atoms with Crippen molar-refractivity contribution in [2.24, 2.45) is 5.73 Å². The average molecular weight is 264 g/mol. The lowest BCUT2D eigenvalue weighted by Crippen LogP contribution is -2.30.